The van der Waals surface area contributed by atoms with E-state index >= 15 is 0 Å². The first-order valence-corrected chi connectivity index (χ1v) is 27.5. The standard InChI is InChI=1S/C57H104O6/c1-4-7-10-13-16-19-22-24-26-28-30-32-35-37-40-43-46-49-55(58)61-52-54(63-57(60)51-48-45-42-39-34-21-18-15-12-9-6-3)53-62-56(59)50-47-44-41-38-36-33-31-29-27-25-23-20-17-14-11-8-5-2/h15,18,24-27,54H,4-14,16-17,19-23,28-53H2,1-3H3/b18-15-,26-24-,27-25-. The average molecular weight is 885 g/mol. The zero-order valence-corrected chi connectivity index (χ0v) is 42.1. The van der Waals surface area contributed by atoms with Gasteiger partial charge in [-0.25, -0.2) is 0 Å². The lowest BCUT2D eigenvalue weighted by atomic mass is 10.1. The fourth-order valence-corrected chi connectivity index (χ4v) is 7.88. The quantitative estimate of drug-likeness (QED) is 0.0262. The molecule has 0 aliphatic carbocycles. The molecule has 0 radical (unpaired) electrons. The lowest BCUT2D eigenvalue weighted by Crippen LogP contribution is -2.30. The van der Waals surface area contributed by atoms with Gasteiger partial charge in [-0.2, -0.15) is 0 Å². The lowest BCUT2D eigenvalue weighted by molar-refractivity contribution is -0.167. The number of rotatable bonds is 50. The molecule has 0 aliphatic heterocycles. The van der Waals surface area contributed by atoms with Crippen LogP contribution in [0.15, 0.2) is 36.5 Å². The Kier molecular flexibility index (Phi) is 50.3. The summed E-state index contributed by atoms with van der Waals surface area (Å²) in [5, 5.41) is 0. The number of hydrogen-bond donors (Lipinski definition) is 0. The average Bonchev–Trinajstić information content (AvgIpc) is 3.28. The molecule has 0 aromatic heterocycles. The fraction of sp³-hybridized carbons (Fsp3) is 0.842. The van der Waals surface area contributed by atoms with Gasteiger partial charge in [0.25, 0.3) is 0 Å². The van der Waals surface area contributed by atoms with Gasteiger partial charge in [0, 0.05) is 19.3 Å². The van der Waals surface area contributed by atoms with Crippen molar-refractivity contribution in [2.75, 3.05) is 13.2 Å². The first kappa shape index (κ1) is 60.6. The van der Waals surface area contributed by atoms with Gasteiger partial charge in [0.1, 0.15) is 13.2 Å². The summed E-state index contributed by atoms with van der Waals surface area (Å²) in [5.41, 5.74) is 0. The molecule has 0 rings (SSSR count). The molecule has 0 saturated heterocycles. The predicted molar refractivity (Wildman–Crippen MR) is 270 cm³/mol. The molecule has 0 fully saturated rings. The number of unbranched alkanes of at least 4 members (excludes halogenated alkanes) is 33. The van der Waals surface area contributed by atoms with Gasteiger partial charge in [-0.3, -0.25) is 14.4 Å². The summed E-state index contributed by atoms with van der Waals surface area (Å²) in [6.45, 7) is 6.60. The van der Waals surface area contributed by atoms with Crippen LogP contribution in [0.5, 0.6) is 0 Å². The second-order valence-corrected chi connectivity index (χ2v) is 18.5. The van der Waals surface area contributed by atoms with E-state index in [1.54, 1.807) is 0 Å². The van der Waals surface area contributed by atoms with E-state index in [-0.39, 0.29) is 31.1 Å². The third kappa shape index (κ3) is 50.5. The van der Waals surface area contributed by atoms with Crippen molar-refractivity contribution in [2.24, 2.45) is 0 Å². The van der Waals surface area contributed by atoms with Crippen molar-refractivity contribution in [3.63, 3.8) is 0 Å². The lowest BCUT2D eigenvalue weighted by Gasteiger charge is -2.18. The molecule has 63 heavy (non-hydrogen) atoms. The molecule has 6 heteroatoms. The Morgan fingerprint density at radius 3 is 0.841 bits per heavy atom. The molecule has 0 aromatic rings. The SMILES string of the molecule is CCCC/C=C\CCCCCCCC(=O)OC(COC(=O)CCCCCCCCC/C=C\CCCCCCCC)COC(=O)CCCCCCCCC/C=C\CCCCCCCC. The molecular formula is C57H104O6. The normalized spacial score (nSPS) is 11.8. The van der Waals surface area contributed by atoms with Gasteiger partial charge < -0.3 is 14.2 Å². The first-order valence-electron chi connectivity index (χ1n) is 27.5. The van der Waals surface area contributed by atoms with Crippen LogP contribution in [0, 0.1) is 0 Å². The molecule has 0 heterocycles. The minimum Gasteiger partial charge on any atom is -0.462 e. The maximum absolute atomic E-state index is 12.8. The van der Waals surface area contributed by atoms with Gasteiger partial charge in [0.05, 0.1) is 0 Å². The van der Waals surface area contributed by atoms with Crippen LogP contribution in [0.4, 0.5) is 0 Å². The third-order valence-corrected chi connectivity index (χ3v) is 12.1. The van der Waals surface area contributed by atoms with E-state index in [0.29, 0.717) is 19.3 Å². The van der Waals surface area contributed by atoms with E-state index in [4.69, 9.17) is 14.2 Å². The van der Waals surface area contributed by atoms with Crippen LogP contribution < -0.4 is 0 Å². The highest BCUT2D eigenvalue weighted by Crippen LogP contribution is 2.15. The molecule has 0 N–H and O–H groups in total. The molecule has 0 unspecified atom stereocenters. The summed E-state index contributed by atoms with van der Waals surface area (Å²) < 4.78 is 16.8. The summed E-state index contributed by atoms with van der Waals surface area (Å²) in [6, 6.07) is 0. The van der Waals surface area contributed by atoms with Gasteiger partial charge in [-0.1, -0.05) is 218 Å². The van der Waals surface area contributed by atoms with Gasteiger partial charge in [-0.15, -0.1) is 0 Å². The van der Waals surface area contributed by atoms with E-state index in [2.05, 4.69) is 57.2 Å². The molecule has 0 saturated carbocycles. The Hall–Kier alpha value is -2.37. The second-order valence-electron chi connectivity index (χ2n) is 18.5. The molecule has 0 bridgehead atoms. The van der Waals surface area contributed by atoms with Crippen molar-refractivity contribution in [2.45, 2.75) is 297 Å². The van der Waals surface area contributed by atoms with Crippen molar-refractivity contribution in [1.82, 2.24) is 0 Å². The van der Waals surface area contributed by atoms with Gasteiger partial charge in [0.15, 0.2) is 6.10 Å². The number of esters is 3. The minimum atomic E-state index is -0.777. The molecule has 368 valence electrons. The van der Waals surface area contributed by atoms with Crippen molar-refractivity contribution in [3.8, 4) is 0 Å². The van der Waals surface area contributed by atoms with Crippen molar-refractivity contribution >= 4 is 17.9 Å². The van der Waals surface area contributed by atoms with E-state index in [0.717, 1.165) is 70.6 Å². The largest absolute Gasteiger partial charge is 0.462 e. The van der Waals surface area contributed by atoms with Crippen LogP contribution in [-0.4, -0.2) is 37.2 Å². The smallest absolute Gasteiger partial charge is 0.306 e. The molecule has 0 aliphatic rings. The summed E-state index contributed by atoms with van der Waals surface area (Å²) in [6.07, 6.45) is 61.3. The first-order chi connectivity index (χ1) is 31.0. The molecule has 0 atom stereocenters. The summed E-state index contributed by atoms with van der Waals surface area (Å²) in [7, 11) is 0. The van der Waals surface area contributed by atoms with Crippen molar-refractivity contribution in [1.29, 1.82) is 0 Å². The topological polar surface area (TPSA) is 78.9 Å². The summed E-state index contributed by atoms with van der Waals surface area (Å²) in [4.78, 5) is 38.0. The Morgan fingerprint density at radius 2 is 0.540 bits per heavy atom. The van der Waals surface area contributed by atoms with Gasteiger partial charge >= 0.3 is 17.9 Å². The minimum absolute atomic E-state index is 0.0774. The van der Waals surface area contributed by atoms with E-state index < -0.39 is 6.10 Å². The zero-order chi connectivity index (χ0) is 45.8. The third-order valence-electron chi connectivity index (χ3n) is 12.1. The number of ether oxygens (including phenoxy) is 3. The van der Waals surface area contributed by atoms with Gasteiger partial charge in [0.2, 0.25) is 0 Å². The summed E-state index contributed by atoms with van der Waals surface area (Å²) >= 11 is 0. The fourth-order valence-electron chi connectivity index (χ4n) is 7.88. The maximum atomic E-state index is 12.8. The maximum Gasteiger partial charge on any atom is 0.306 e. The molecule has 0 amide bonds. The highest BCUT2D eigenvalue weighted by atomic mass is 16.6. The highest BCUT2D eigenvalue weighted by molar-refractivity contribution is 5.71. The molecule has 0 spiro atoms. The van der Waals surface area contributed by atoms with Crippen molar-refractivity contribution in [3.05, 3.63) is 36.5 Å². The van der Waals surface area contributed by atoms with Crippen LogP contribution >= 0.6 is 0 Å². The van der Waals surface area contributed by atoms with Crippen LogP contribution in [0.1, 0.15) is 290 Å². The number of hydrogen-bond acceptors (Lipinski definition) is 6. The highest BCUT2D eigenvalue weighted by Gasteiger charge is 2.19. The predicted octanol–water partition coefficient (Wildman–Crippen LogP) is 18.1. The van der Waals surface area contributed by atoms with E-state index in [1.807, 2.05) is 0 Å². The van der Waals surface area contributed by atoms with Crippen LogP contribution in [0.2, 0.25) is 0 Å². The Labute approximate surface area is 391 Å². The summed E-state index contributed by atoms with van der Waals surface area (Å²) in [5.74, 6) is -0.884. The van der Waals surface area contributed by atoms with E-state index in [1.165, 1.54) is 180 Å². The van der Waals surface area contributed by atoms with Crippen molar-refractivity contribution < 1.29 is 28.6 Å². The Balaban J connectivity index is 4.32. The number of allylic oxidation sites excluding steroid dienone is 6. The van der Waals surface area contributed by atoms with Crippen LogP contribution in [-0.2, 0) is 28.6 Å². The van der Waals surface area contributed by atoms with Crippen LogP contribution in [0.25, 0.3) is 0 Å². The molecule has 0 aromatic carbocycles. The van der Waals surface area contributed by atoms with Crippen LogP contribution in [0.3, 0.4) is 0 Å². The number of carbonyl (C=O) groups is 3. The molecule has 6 nitrogen and oxygen atoms in total. The van der Waals surface area contributed by atoms with Gasteiger partial charge in [-0.05, 0) is 89.9 Å². The Bertz CT molecular complexity index is 1000. The second kappa shape index (κ2) is 52.3. The molecular weight excluding hydrogens is 781 g/mol. The monoisotopic (exact) mass is 885 g/mol. The number of carbonyl (C=O) groups excluding carboxylic acids is 3. The zero-order valence-electron chi connectivity index (χ0n) is 42.1. The van der Waals surface area contributed by atoms with E-state index in [9.17, 15) is 14.4 Å². The Morgan fingerprint density at radius 1 is 0.302 bits per heavy atom.